The number of fused-ring (bicyclic) bond motifs is 2. The van der Waals surface area contributed by atoms with E-state index in [0.717, 1.165) is 81.0 Å². The summed E-state index contributed by atoms with van der Waals surface area (Å²) in [5, 5.41) is 7.76. The molecule has 2 aromatic carbocycles. The number of hydrogen-bond acceptors (Lipinski definition) is 11. The van der Waals surface area contributed by atoms with E-state index in [4.69, 9.17) is 28.9 Å². The van der Waals surface area contributed by atoms with Gasteiger partial charge in [-0.3, -0.25) is 9.59 Å². The maximum absolute atomic E-state index is 14.0. The Labute approximate surface area is 369 Å². The number of thiophene rings is 1. The van der Waals surface area contributed by atoms with Crippen LogP contribution in [0.5, 0.6) is 0 Å². The molecule has 4 saturated heterocycles. The van der Waals surface area contributed by atoms with Crippen molar-refractivity contribution in [3.63, 3.8) is 0 Å². The molecule has 4 N–H and O–H groups in total. The molecule has 0 saturated carbocycles. The van der Waals surface area contributed by atoms with E-state index in [1.807, 2.05) is 49.6 Å². The average Bonchev–Trinajstić information content (AvgIpc) is 4.11. The molecule has 6 atom stereocenters. The number of nitrogens with one attached hydrogen (secondary N) is 4. The van der Waals surface area contributed by atoms with Gasteiger partial charge in [0.25, 0.3) is 0 Å². The second-order valence-corrected chi connectivity index (χ2v) is 18.7. The standard InChI is InChI=1S/C46H56N8O8S/c1-25(2)38(51-45(57)61-29-13-18-59-23-29)43(55)53-16-5-7-36(53)41-47-32-11-9-27(21-34(32)49-41)31-15-20-63-40(31)28-10-12-33-35(22-28)50-42(48-33)37-8-6-17-54(37)44(56)39(26(3)4)52-46(58)62-30-14-19-60-24-30/h9-12,15,20-22,25-26,29-30,36-39H,5-8,13-14,16-19,23-24H2,1-4H3,(H,47,49)(H,48,50)(H,51,57)(H,52,58)/t29-,30-,36-,37-,38-,39-/m0/s1. The molecule has 4 aliphatic heterocycles. The molecule has 0 spiro atoms. The number of aromatic nitrogens is 4. The van der Waals surface area contributed by atoms with Crippen molar-refractivity contribution >= 4 is 57.4 Å². The number of H-pyrrole nitrogens is 2. The number of benzene rings is 2. The van der Waals surface area contributed by atoms with Gasteiger partial charge in [0.05, 0.1) is 60.6 Å². The SMILES string of the molecule is CC(C)[C@H](NC(=O)O[C@H]1CCOC1)C(=O)N1CCC[C@H]1c1nc2cc(-c3ccsc3-c3ccc4[nH]c([C@@H]5CCCN5C(=O)[C@@H](NC(=O)O[C@H]5CCOC5)C(C)C)nc4c3)ccc2[nH]1. The van der Waals surface area contributed by atoms with Gasteiger partial charge in [0, 0.05) is 36.4 Å². The Morgan fingerprint density at radius 1 is 0.698 bits per heavy atom. The fraction of sp³-hybridized carbons (Fsp3) is 0.522. The molecule has 9 rings (SSSR count). The minimum atomic E-state index is -0.733. The lowest BCUT2D eigenvalue weighted by Crippen LogP contribution is -2.51. The largest absolute Gasteiger partial charge is 0.444 e. The van der Waals surface area contributed by atoms with Crippen LogP contribution < -0.4 is 10.6 Å². The van der Waals surface area contributed by atoms with E-state index in [1.54, 1.807) is 11.3 Å². The second-order valence-electron chi connectivity index (χ2n) is 17.8. The molecular formula is C46H56N8O8S. The number of nitrogens with zero attached hydrogens (tertiary/aromatic N) is 4. The molecule has 17 heteroatoms. The van der Waals surface area contributed by atoms with Crippen molar-refractivity contribution in [2.75, 3.05) is 39.5 Å². The van der Waals surface area contributed by atoms with Gasteiger partial charge in [-0.15, -0.1) is 11.3 Å². The molecule has 5 aromatic rings. The number of amides is 4. The van der Waals surface area contributed by atoms with Crippen LogP contribution >= 0.6 is 11.3 Å². The number of aromatic amines is 2. The van der Waals surface area contributed by atoms with Gasteiger partial charge in [-0.05, 0) is 84.4 Å². The molecule has 3 aromatic heterocycles. The Balaban J connectivity index is 0.901. The van der Waals surface area contributed by atoms with Crippen molar-refractivity contribution in [2.24, 2.45) is 11.8 Å². The molecule has 4 amide bonds. The molecule has 4 aliphatic rings. The van der Waals surface area contributed by atoms with Gasteiger partial charge in [0.1, 0.15) is 35.9 Å². The van der Waals surface area contributed by atoms with E-state index in [9.17, 15) is 19.2 Å². The zero-order chi connectivity index (χ0) is 43.8. The third-order valence-corrected chi connectivity index (χ3v) is 13.6. The fourth-order valence-electron chi connectivity index (χ4n) is 9.29. The first-order valence-electron chi connectivity index (χ1n) is 22.3. The monoisotopic (exact) mass is 880 g/mol. The Bertz CT molecular complexity index is 2300. The summed E-state index contributed by atoms with van der Waals surface area (Å²) in [5.74, 6) is 0.875. The van der Waals surface area contributed by atoms with Crippen LogP contribution in [-0.4, -0.2) is 118 Å². The van der Waals surface area contributed by atoms with Gasteiger partial charge in [-0.2, -0.15) is 0 Å². The predicted octanol–water partition coefficient (Wildman–Crippen LogP) is 7.24. The number of rotatable bonds is 12. The number of likely N-dealkylation sites (tertiary alicyclic amines) is 2. The van der Waals surface area contributed by atoms with Gasteiger partial charge in [-0.1, -0.05) is 39.8 Å². The number of ether oxygens (including phenoxy) is 4. The minimum Gasteiger partial charge on any atom is -0.444 e. The highest BCUT2D eigenvalue weighted by molar-refractivity contribution is 7.14. The summed E-state index contributed by atoms with van der Waals surface area (Å²) < 4.78 is 21.7. The highest BCUT2D eigenvalue weighted by Gasteiger charge is 2.40. The fourth-order valence-corrected chi connectivity index (χ4v) is 10.2. The third-order valence-electron chi connectivity index (χ3n) is 12.7. The first-order chi connectivity index (χ1) is 30.5. The van der Waals surface area contributed by atoms with Gasteiger partial charge in [0.2, 0.25) is 11.8 Å². The van der Waals surface area contributed by atoms with Crippen LogP contribution in [0.2, 0.25) is 0 Å². The lowest BCUT2D eigenvalue weighted by atomic mass is 10.0. The minimum absolute atomic E-state index is 0.142. The average molecular weight is 881 g/mol. The van der Waals surface area contributed by atoms with Gasteiger partial charge in [0.15, 0.2) is 0 Å². The van der Waals surface area contributed by atoms with E-state index in [-0.39, 0.29) is 47.9 Å². The third kappa shape index (κ3) is 9.00. The Morgan fingerprint density at radius 2 is 1.19 bits per heavy atom. The van der Waals surface area contributed by atoms with E-state index in [2.05, 4.69) is 56.3 Å². The number of imidazole rings is 2. The summed E-state index contributed by atoms with van der Waals surface area (Å²) in [6.07, 6.45) is 2.68. The van der Waals surface area contributed by atoms with Crippen molar-refractivity contribution in [3.8, 4) is 21.6 Å². The zero-order valence-corrected chi connectivity index (χ0v) is 37.0. The van der Waals surface area contributed by atoms with Gasteiger partial charge >= 0.3 is 12.2 Å². The number of alkyl carbamates (subject to hydrolysis) is 2. The summed E-state index contributed by atoms with van der Waals surface area (Å²) in [6.45, 7) is 10.7. The van der Waals surface area contributed by atoms with Crippen molar-refractivity contribution in [3.05, 3.63) is 59.5 Å². The van der Waals surface area contributed by atoms with Crippen molar-refractivity contribution in [2.45, 2.75) is 103 Å². The Kier molecular flexibility index (Phi) is 12.4. The quantitative estimate of drug-likeness (QED) is 0.0993. The first kappa shape index (κ1) is 42.8. The van der Waals surface area contributed by atoms with Crippen LogP contribution in [0.25, 0.3) is 43.6 Å². The molecular weight excluding hydrogens is 825 g/mol. The van der Waals surface area contributed by atoms with Crippen LogP contribution in [0.1, 0.15) is 90.0 Å². The molecule has 16 nitrogen and oxygen atoms in total. The maximum Gasteiger partial charge on any atom is 0.408 e. The van der Waals surface area contributed by atoms with Crippen molar-refractivity contribution in [1.29, 1.82) is 0 Å². The highest BCUT2D eigenvalue weighted by atomic mass is 32.1. The Morgan fingerprint density at radius 3 is 1.67 bits per heavy atom. The van der Waals surface area contributed by atoms with Crippen molar-refractivity contribution in [1.82, 2.24) is 40.4 Å². The summed E-state index contributed by atoms with van der Waals surface area (Å²) in [7, 11) is 0. The summed E-state index contributed by atoms with van der Waals surface area (Å²) >= 11 is 1.65. The molecule has 334 valence electrons. The summed E-state index contributed by atoms with van der Waals surface area (Å²) in [5.41, 5.74) is 6.48. The maximum atomic E-state index is 14.0. The van der Waals surface area contributed by atoms with E-state index in [1.165, 1.54) is 0 Å². The molecule has 0 bridgehead atoms. The van der Waals surface area contributed by atoms with Crippen molar-refractivity contribution < 1.29 is 38.1 Å². The van der Waals surface area contributed by atoms with E-state index < -0.39 is 24.3 Å². The molecule has 7 heterocycles. The van der Waals surface area contributed by atoms with Gasteiger partial charge in [-0.25, -0.2) is 19.6 Å². The number of carbonyl (C=O) groups is 4. The first-order valence-corrected chi connectivity index (χ1v) is 23.2. The van der Waals surface area contributed by atoms with Crippen LogP contribution in [-0.2, 0) is 28.5 Å². The number of carbonyl (C=O) groups excluding carboxylic acids is 4. The van der Waals surface area contributed by atoms with Gasteiger partial charge < -0.3 is 49.3 Å². The lowest BCUT2D eigenvalue weighted by Gasteiger charge is -2.30. The molecule has 4 fully saturated rings. The van der Waals surface area contributed by atoms with Crippen LogP contribution in [0.4, 0.5) is 9.59 Å². The summed E-state index contributed by atoms with van der Waals surface area (Å²) in [6, 6.07) is 12.6. The number of hydrogen-bond donors (Lipinski definition) is 4. The lowest BCUT2D eigenvalue weighted by molar-refractivity contribution is -0.136. The Hall–Kier alpha value is -5.52. The normalized spacial score (nSPS) is 22.4. The zero-order valence-electron chi connectivity index (χ0n) is 36.2. The van der Waals surface area contributed by atoms with Crippen LogP contribution in [0, 0.1) is 11.8 Å². The van der Waals surface area contributed by atoms with E-state index in [0.29, 0.717) is 52.4 Å². The molecule has 63 heavy (non-hydrogen) atoms. The highest BCUT2D eigenvalue weighted by Crippen LogP contribution is 2.40. The van der Waals surface area contributed by atoms with Crippen LogP contribution in [0.3, 0.4) is 0 Å². The smallest absolute Gasteiger partial charge is 0.408 e. The second kappa shape index (κ2) is 18.3. The van der Waals surface area contributed by atoms with Crippen LogP contribution in [0.15, 0.2) is 47.8 Å². The molecule has 0 unspecified atom stereocenters. The molecule has 0 aliphatic carbocycles. The predicted molar refractivity (Wildman–Crippen MR) is 237 cm³/mol. The molecule has 0 radical (unpaired) electrons. The topological polar surface area (TPSA) is 193 Å². The van der Waals surface area contributed by atoms with E-state index >= 15 is 0 Å². The summed E-state index contributed by atoms with van der Waals surface area (Å²) in [4.78, 5) is 75.4.